The van der Waals surface area contributed by atoms with Gasteiger partial charge < -0.3 is 4.98 Å². The van der Waals surface area contributed by atoms with Crippen molar-refractivity contribution in [3.05, 3.63) is 115 Å². The van der Waals surface area contributed by atoms with Crippen molar-refractivity contribution in [1.82, 2.24) is 4.98 Å². The molecule has 0 aliphatic rings. The van der Waals surface area contributed by atoms with E-state index in [0.717, 1.165) is 11.2 Å². The number of allylic oxidation sites excluding steroid dienone is 1. The number of aromatic amines is 1. The molecule has 0 saturated heterocycles. The second kappa shape index (κ2) is 7.88. The minimum atomic E-state index is 1.14. The predicted octanol–water partition coefficient (Wildman–Crippen LogP) is 8.20. The van der Waals surface area contributed by atoms with Crippen molar-refractivity contribution in [2.75, 3.05) is 0 Å². The summed E-state index contributed by atoms with van der Waals surface area (Å²) in [7, 11) is 0. The Morgan fingerprint density at radius 1 is 0.567 bits per heavy atom. The molecule has 1 heteroatoms. The third-order valence-electron chi connectivity index (χ3n) is 5.54. The Balaban J connectivity index is 1.95. The van der Waals surface area contributed by atoms with Crippen molar-refractivity contribution in [3.8, 4) is 33.4 Å². The molecule has 30 heavy (non-hydrogen) atoms. The maximum atomic E-state index is 3.67. The zero-order valence-corrected chi connectivity index (χ0v) is 17.0. The highest BCUT2D eigenvalue weighted by Crippen LogP contribution is 2.44. The summed E-state index contributed by atoms with van der Waals surface area (Å²) in [5, 5.41) is 1.27. The molecule has 0 spiro atoms. The molecule has 0 radical (unpaired) electrons. The van der Waals surface area contributed by atoms with Gasteiger partial charge in [0.2, 0.25) is 0 Å². The topological polar surface area (TPSA) is 15.8 Å². The lowest BCUT2D eigenvalue weighted by molar-refractivity contribution is 1.42. The van der Waals surface area contributed by atoms with Crippen LogP contribution >= 0.6 is 0 Å². The van der Waals surface area contributed by atoms with Gasteiger partial charge in [-0.25, -0.2) is 0 Å². The van der Waals surface area contributed by atoms with E-state index in [9.17, 15) is 0 Å². The van der Waals surface area contributed by atoms with Crippen LogP contribution in [0, 0.1) is 0 Å². The maximum Gasteiger partial charge on any atom is 0.0471 e. The fraction of sp³-hybridized carbons (Fsp3) is 0.0345. The lowest BCUT2D eigenvalue weighted by atomic mass is 9.88. The minimum absolute atomic E-state index is 1.14. The summed E-state index contributed by atoms with van der Waals surface area (Å²) in [6.45, 7) is 2.06. The van der Waals surface area contributed by atoms with Gasteiger partial charge in [-0.15, -0.1) is 0 Å². The molecule has 0 aliphatic carbocycles. The first kappa shape index (κ1) is 18.2. The number of hydrogen-bond acceptors (Lipinski definition) is 0. The van der Waals surface area contributed by atoms with Crippen LogP contribution in [0.2, 0.25) is 0 Å². The molecule has 0 atom stereocenters. The van der Waals surface area contributed by atoms with Crippen molar-refractivity contribution in [3.63, 3.8) is 0 Å². The molecular formula is C29H23N. The molecule has 4 aromatic carbocycles. The molecule has 0 aliphatic heterocycles. The molecule has 0 saturated carbocycles. The van der Waals surface area contributed by atoms with Crippen LogP contribution in [0.1, 0.15) is 12.6 Å². The van der Waals surface area contributed by atoms with Crippen LogP contribution in [0.25, 0.3) is 50.4 Å². The van der Waals surface area contributed by atoms with E-state index in [1.165, 1.54) is 38.8 Å². The van der Waals surface area contributed by atoms with Crippen molar-refractivity contribution >= 4 is 17.0 Å². The van der Waals surface area contributed by atoms with Crippen LogP contribution in [-0.4, -0.2) is 4.98 Å². The predicted molar refractivity (Wildman–Crippen MR) is 129 cm³/mol. The number of aromatic nitrogens is 1. The first-order valence-electron chi connectivity index (χ1n) is 10.3. The Morgan fingerprint density at radius 3 is 1.67 bits per heavy atom. The van der Waals surface area contributed by atoms with E-state index in [2.05, 4.69) is 127 Å². The monoisotopic (exact) mass is 385 g/mol. The SMILES string of the molecule is CC=Cc1[nH]c2ccc(-c3ccccc3)c(-c3ccccc3)c2c1-c1ccccc1. The molecule has 0 fully saturated rings. The van der Waals surface area contributed by atoms with Gasteiger partial charge in [0.25, 0.3) is 0 Å². The maximum absolute atomic E-state index is 3.67. The summed E-state index contributed by atoms with van der Waals surface area (Å²) >= 11 is 0. The lowest BCUT2D eigenvalue weighted by Crippen LogP contribution is -1.88. The Hall–Kier alpha value is -3.84. The standard InChI is InChI=1S/C29H23N/c1-2-12-25-28(23-17-10-5-11-18-23)29-26(30-25)20-19-24(21-13-6-3-7-14-21)27(29)22-15-8-4-9-16-22/h2-20,30H,1H3. The molecule has 5 rings (SSSR count). The molecular weight excluding hydrogens is 362 g/mol. The Labute approximate surface area is 177 Å². The van der Waals surface area contributed by atoms with Crippen LogP contribution in [0.4, 0.5) is 0 Å². The van der Waals surface area contributed by atoms with E-state index in [1.807, 2.05) is 0 Å². The van der Waals surface area contributed by atoms with Gasteiger partial charge >= 0.3 is 0 Å². The van der Waals surface area contributed by atoms with E-state index in [1.54, 1.807) is 0 Å². The molecule has 0 amide bonds. The van der Waals surface area contributed by atoms with Gasteiger partial charge in [0.15, 0.2) is 0 Å². The largest absolute Gasteiger partial charge is 0.354 e. The van der Waals surface area contributed by atoms with Crippen LogP contribution in [0.3, 0.4) is 0 Å². The first-order valence-corrected chi connectivity index (χ1v) is 10.3. The third kappa shape index (κ3) is 3.15. The van der Waals surface area contributed by atoms with E-state index >= 15 is 0 Å². The highest BCUT2D eigenvalue weighted by Gasteiger charge is 2.19. The van der Waals surface area contributed by atoms with Gasteiger partial charge in [-0.05, 0) is 46.9 Å². The smallest absolute Gasteiger partial charge is 0.0471 e. The van der Waals surface area contributed by atoms with Crippen LogP contribution in [0.15, 0.2) is 109 Å². The average Bonchev–Trinajstić information content (AvgIpc) is 3.18. The zero-order valence-electron chi connectivity index (χ0n) is 17.0. The second-order valence-electron chi connectivity index (χ2n) is 7.42. The summed E-state index contributed by atoms with van der Waals surface area (Å²) in [6.07, 6.45) is 4.26. The highest BCUT2D eigenvalue weighted by molar-refractivity contribution is 6.12. The average molecular weight is 386 g/mol. The zero-order chi connectivity index (χ0) is 20.3. The van der Waals surface area contributed by atoms with Crippen LogP contribution in [-0.2, 0) is 0 Å². The van der Waals surface area contributed by atoms with E-state index in [0.29, 0.717) is 0 Å². The normalized spacial score (nSPS) is 11.4. The summed E-state index contributed by atoms with van der Waals surface area (Å²) in [5.41, 5.74) is 9.74. The highest BCUT2D eigenvalue weighted by atomic mass is 14.7. The van der Waals surface area contributed by atoms with Crippen molar-refractivity contribution in [1.29, 1.82) is 0 Å². The lowest BCUT2D eigenvalue weighted by Gasteiger charge is -2.14. The number of H-pyrrole nitrogens is 1. The molecule has 1 heterocycles. The number of fused-ring (bicyclic) bond motifs is 1. The second-order valence-corrected chi connectivity index (χ2v) is 7.42. The van der Waals surface area contributed by atoms with Gasteiger partial charge in [0.1, 0.15) is 0 Å². The molecule has 1 aromatic heterocycles. The summed E-state index contributed by atoms with van der Waals surface area (Å²) in [6, 6.07) is 36.5. The molecule has 0 unspecified atom stereocenters. The van der Waals surface area contributed by atoms with E-state index < -0.39 is 0 Å². The Bertz CT molecular complexity index is 1310. The fourth-order valence-corrected chi connectivity index (χ4v) is 4.27. The Kier molecular flexibility index (Phi) is 4.78. The molecule has 1 nitrogen and oxygen atoms in total. The fourth-order valence-electron chi connectivity index (χ4n) is 4.27. The van der Waals surface area contributed by atoms with Gasteiger partial charge in [-0.1, -0.05) is 103 Å². The third-order valence-corrected chi connectivity index (χ3v) is 5.54. The number of nitrogens with one attached hydrogen (secondary N) is 1. The minimum Gasteiger partial charge on any atom is -0.354 e. The van der Waals surface area contributed by atoms with Gasteiger partial charge in [-0.2, -0.15) is 0 Å². The summed E-state index contributed by atoms with van der Waals surface area (Å²) < 4.78 is 0. The van der Waals surface area contributed by atoms with Gasteiger partial charge in [0.05, 0.1) is 0 Å². The van der Waals surface area contributed by atoms with Crippen molar-refractivity contribution in [2.45, 2.75) is 6.92 Å². The van der Waals surface area contributed by atoms with E-state index in [4.69, 9.17) is 0 Å². The molecule has 5 aromatic rings. The van der Waals surface area contributed by atoms with Crippen molar-refractivity contribution < 1.29 is 0 Å². The van der Waals surface area contributed by atoms with E-state index in [-0.39, 0.29) is 0 Å². The molecule has 1 N–H and O–H groups in total. The quantitative estimate of drug-likeness (QED) is 0.321. The number of benzene rings is 4. The van der Waals surface area contributed by atoms with Crippen LogP contribution in [0.5, 0.6) is 0 Å². The molecule has 0 bridgehead atoms. The first-order chi connectivity index (χ1) is 14.9. The van der Waals surface area contributed by atoms with Gasteiger partial charge in [-0.3, -0.25) is 0 Å². The Morgan fingerprint density at radius 2 is 1.10 bits per heavy atom. The molecule has 144 valence electrons. The van der Waals surface area contributed by atoms with Gasteiger partial charge in [0, 0.05) is 22.2 Å². The summed E-state index contributed by atoms with van der Waals surface area (Å²) in [5.74, 6) is 0. The summed E-state index contributed by atoms with van der Waals surface area (Å²) in [4.78, 5) is 3.67. The number of rotatable bonds is 4. The van der Waals surface area contributed by atoms with Crippen LogP contribution < -0.4 is 0 Å². The number of hydrogen-bond donors (Lipinski definition) is 1. The van der Waals surface area contributed by atoms with Crippen molar-refractivity contribution in [2.24, 2.45) is 0 Å².